The van der Waals surface area contributed by atoms with E-state index in [9.17, 15) is 4.79 Å². The maximum absolute atomic E-state index is 11.6. The molecule has 1 aromatic heterocycles. The molecule has 0 saturated carbocycles. The van der Waals surface area contributed by atoms with Crippen molar-refractivity contribution >= 4 is 23.3 Å². The van der Waals surface area contributed by atoms with Gasteiger partial charge in [0.2, 0.25) is 11.2 Å². The Labute approximate surface area is 93.0 Å². The van der Waals surface area contributed by atoms with Crippen molar-refractivity contribution in [2.75, 3.05) is 5.32 Å². The highest BCUT2D eigenvalue weighted by atomic mass is 35.5. The molecule has 0 aliphatic rings. The summed E-state index contributed by atoms with van der Waals surface area (Å²) in [5.41, 5.74) is 4.85. The summed E-state index contributed by atoms with van der Waals surface area (Å²) in [5, 5.41) is 2.66. The van der Waals surface area contributed by atoms with Crippen molar-refractivity contribution in [2.45, 2.75) is 25.8 Å². The average molecular weight is 229 g/mol. The van der Waals surface area contributed by atoms with Crippen LogP contribution in [0.2, 0.25) is 5.28 Å². The normalized spacial score (nSPS) is 14.4. The minimum atomic E-state index is -0.905. The second-order valence-electron chi connectivity index (χ2n) is 3.44. The molecule has 15 heavy (non-hydrogen) atoms. The van der Waals surface area contributed by atoms with Gasteiger partial charge in [-0.2, -0.15) is 0 Å². The van der Waals surface area contributed by atoms with Crippen molar-refractivity contribution in [1.82, 2.24) is 9.97 Å². The Bertz CT molecular complexity index is 367. The predicted octanol–water partition coefficient (Wildman–Crippen LogP) is 1.20. The predicted molar refractivity (Wildman–Crippen MR) is 58.6 cm³/mol. The SMILES string of the molecule is CCC(C)(N)C(=O)Nc1ccnc(Cl)n1. The Hall–Kier alpha value is -1.20. The first-order valence-corrected chi connectivity index (χ1v) is 4.92. The van der Waals surface area contributed by atoms with Crippen LogP contribution in [-0.2, 0) is 4.79 Å². The monoisotopic (exact) mass is 228 g/mol. The van der Waals surface area contributed by atoms with E-state index in [0.29, 0.717) is 12.2 Å². The van der Waals surface area contributed by atoms with Crippen molar-refractivity contribution in [3.63, 3.8) is 0 Å². The van der Waals surface area contributed by atoms with E-state index in [1.165, 1.54) is 6.20 Å². The van der Waals surface area contributed by atoms with Gasteiger partial charge in [-0.3, -0.25) is 4.79 Å². The van der Waals surface area contributed by atoms with E-state index in [2.05, 4.69) is 15.3 Å². The molecule has 3 N–H and O–H groups in total. The third-order valence-corrected chi connectivity index (χ3v) is 2.30. The summed E-state index contributed by atoms with van der Waals surface area (Å²) in [6.07, 6.45) is 2.00. The summed E-state index contributed by atoms with van der Waals surface area (Å²) >= 11 is 5.57. The third kappa shape index (κ3) is 3.14. The van der Waals surface area contributed by atoms with E-state index in [-0.39, 0.29) is 11.2 Å². The van der Waals surface area contributed by atoms with Crippen molar-refractivity contribution in [2.24, 2.45) is 5.73 Å². The van der Waals surface area contributed by atoms with Crippen molar-refractivity contribution in [3.05, 3.63) is 17.5 Å². The minimum Gasteiger partial charge on any atom is -0.318 e. The number of anilines is 1. The molecule has 1 unspecified atom stereocenters. The third-order valence-electron chi connectivity index (χ3n) is 2.12. The van der Waals surface area contributed by atoms with E-state index >= 15 is 0 Å². The lowest BCUT2D eigenvalue weighted by Crippen LogP contribution is -2.47. The van der Waals surface area contributed by atoms with Crippen LogP contribution in [0.15, 0.2) is 12.3 Å². The molecule has 0 spiro atoms. The molecule has 1 aromatic rings. The van der Waals surface area contributed by atoms with Crippen LogP contribution in [0.4, 0.5) is 5.82 Å². The zero-order valence-electron chi connectivity index (χ0n) is 8.62. The van der Waals surface area contributed by atoms with E-state index in [4.69, 9.17) is 17.3 Å². The van der Waals surface area contributed by atoms with Gasteiger partial charge in [-0.15, -0.1) is 0 Å². The molecular formula is C9H13ClN4O. The molecule has 0 aliphatic carbocycles. The maximum atomic E-state index is 11.6. The van der Waals surface area contributed by atoms with E-state index in [0.717, 1.165) is 0 Å². The minimum absolute atomic E-state index is 0.0861. The molecule has 1 heterocycles. The van der Waals surface area contributed by atoms with Crippen LogP contribution in [0.1, 0.15) is 20.3 Å². The number of nitrogens with one attached hydrogen (secondary N) is 1. The second-order valence-corrected chi connectivity index (χ2v) is 3.77. The first-order chi connectivity index (χ1) is 6.95. The Morgan fingerprint density at radius 2 is 2.40 bits per heavy atom. The van der Waals surface area contributed by atoms with Crippen LogP contribution < -0.4 is 11.1 Å². The van der Waals surface area contributed by atoms with Gasteiger partial charge in [-0.05, 0) is 31.0 Å². The molecule has 0 fully saturated rings. The highest BCUT2D eigenvalue weighted by molar-refractivity contribution is 6.28. The molecule has 1 atom stereocenters. The Balaban J connectivity index is 2.75. The van der Waals surface area contributed by atoms with Gasteiger partial charge in [-0.1, -0.05) is 6.92 Å². The zero-order chi connectivity index (χ0) is 11.5. The lowest BCUT2D eigenvalue weighted by atomic mass is 10.00. The van der Waals surface area contributed by atoms with Crippen LogP contribution in [0, 0.1) is 0 Å². The van der Waals surface area contributed by atoms with Crippen molar-refractivity contribution < 1.29 is 4.79 Å². The number of carbonyl (C=O) groups excluding carboxylic acids is 1. The standard InChI is InChI=1S/C9H13ClN4O/c1-3-9(2,11)7(15)13-6-4-5-12-8(10)14-6/h4-5H,3,11H2,1-2H3,(H,12,13,14,15). The fraction of sp³-hybridized carbons (Fsp3) is 0.444. The van der Waals surface area contributed by atoms with Crippen LogP contribution in [-0.4, -0.2) is 21.4 Å². The van der Waals surface area contributed by atoms with Crippen LogP contribution in [0.25, 0.3) is 0 Å². The van der Waals surface area contributed by atoms with Gasteiger partial charge >= 0.3 is 0 Å². The quantitative estimate of drug-likeness (QED) is 0.762. The van der Waals surface area contributed by atoms with E-state index in [1.807, 2.05) is 6.92 Å². The van der Waals surface area contributed by atoms with Crippen LogP contribution in [0.3, 0.4) is 0 Å². The van der Waals surface area contributed by atoms with Gasteiger partial charge in [0, 0.05) is 6.20 Å². The number of hydrogen-bond acceptors (Lipinski definition) is 4. The van der Waals surface area contributed by atoms with Gasteiger partial charge < -0.3 is 11.1 Å². The summed E-state index contributed by atoms with van der Waals surface area (Å²) in [7, 11) is 0. The summed E-state index contributed by atoms with van der Waals surface area (Å²) in [4.78, 5) is 19.2. The molecule has 0 saturated heterocycles. The van der Waals surface area contributed by atoms with Crippen LogP contribution in [0.5, 0.6) is 0 Å². The lowest BCUT2D eigenvalue weighted by Gasteiger charge is -2.20. The number of rotatable bonds is 3. The van der Waals surface area contributed by atoms with Crippen molar-refractivity contribution in [1.29, 1.82) is 0 Å². The summed E-state index contributed by atoms with van der Waals surface area (Å²) in [6.45, 7) is 3.50. The first kappa shape index (κ1) is 11.9. The number of halogens is 1. The topological polar surface area (TPSA) is 80.9 Å². The van der Waals surface area contributed by atoms with Gasteiger partial charge in [0.25, 0.3) is 0 Å². The molecule has 1 rings (SSSR count). The molecule has 0 aliphatic heterocycles. The van der Waals surface area contributed by atoms with Gasteiger partial charge in [0.1, 0.15) is 5.82 Å². The highest BCUT2D eigenvalue weighted by Crippen LogP contribution is 2.10. The number of aromatic nitrogens is 2. The Morgan fingerprint density at radius 1 is 1.73 bits per heavy atom. The number of nitrogens with two attached hydrogens (primary N) is 1. The molecule has 0 aromatic carbocycles. The molecule has 82 valence electrons. The number of amides is 1. The second kappa shape index (κ2) is 4.55. The number of nitrogens with zero attached hydrogens (tertiary/aromatic N) is 2. The fourth-order valence-corrected chi connectivity index (χ4v) is 0.972. The summed E-state index contributed by atoms with van der Waals surface area (Å²) in [6, 6.07) is 1.55. The van der Waals surface area contributed by atoms with Gasteiger partial charge in [0.15, 0.2) is 0 Å². The lowest BCUT2D eigenvalue weighted by molar-refractivity contribution is -0.120. The Morgan fingerprint density at radius 3 is 2.93 bits per heavy atom. The molecule has 6 heteroatoms. The molecule has 0 radical (unpaired) electrons. The molecule has 0 bridgehead atoms. The van der Waals surface area contributed by atoms with E-state index in [1.54, 1.807) is 13.0 Å². The zero-order valence-corrected chi connectivity index (χ0v) is 9.38. The number of hydrogen-bond donors (Lipinski definition) is 2. The highest BCUT2D eigenvalue weighted by Gasteiger charge is 2.26. The van der Waals surface area contributed by atoms with E-state index < -0.39 is 5.54 Å². The molecule has 1 amide bonds. The fourth-order valence-electron chi connectivity index (χ4n) is 0.824. The Kier molecular flexibility index (Phi) is 3.60. The summed E-state index contributed by atoms with van der Waals surface area (Å²) in [5.74, 6) is 0.0601. The van der Waals surface area contributed by atoms with Crippen LogP contribution >= 0.6 is 11.6 Å². The average Bonchev–Trinajstić information content (AvgIpc) is 2.17. The smallest absolute Gasteiger partial charge is 0.245 e. The molecular weight excluding hydrogens is 216 g/mol. The largest absolute Gasteiger partial charge is 0.318 e. The van der Waals surface area contributed by atoms with Crippen molar-refractivity contribution in [3.8, 4) is 0 Å². The molecule has 5 nitrogen and oxygen atoms in total. The van der Waals surface area contributed by atoms with Gasteiger partial charge in [-0.25, -0.2) is 9.97 Å². The first-order valence-electron chi connectivity index (χ1n) is 4.54. The van der Waals surface area contributed by atoms with Gasteiger partial charge in [0.05, 0.1) is 5.54 Å². The number of carbonyl (C=O) groups is 1. The maximum Gasteiger partial charge on any atom is 0.245 e. The summed E-state index contributed by atoms with van der Waals surface area (Å²) < 4.78 is 0.